The molecule has 0 aliphatic carbocycles. The number of nitrogens with one attached hydrogen (secondary N) is 2. The minimum absolute atomic E-state index is 0. The topological polar surface area (TPSA) is 104 Å². The van der Waals surface area contributed by atoms with E-state index in [1.54, 1.807) is 24.5 Å². The van der Waals surface area contributed by atoms with Gasteiger partial charge in [-0.25, -0.2) is 18.6 Å². The Labute approximate surface area is 430 Å². The van der Waals surface area contributed by atoms with Crippen molar-refractivity contribution in [3.63, 3.8) is 0 Å². The number of hydrogen-bond donors (Lipinski definition) is 2. The van der Waals surface area contributed by atoms with Crippen LogP contribution in [-0.4, -0.2) is 102 Å². The van der Waals surface area contributed by atoms with Crippen LogP contribution < -0.4 is 20.1 Å². The third-order valence-electron chi connectivity index (χ3n) is 11.8. The predicted octanol–water partition coefficient (Wildman–Crippen LogP) is 10.9. The second kappa shape index (κ2) is 32.8. The van der Waals surface area contributed by atoms with Gasteiger partial charge in [-0.3, -0.25) is 9.36 Å². The van der Waals surface area contributed by atoms with E-state index in [2.05, 4.69) is 67.2 Å². The summed E-state index contributed by atoms with van der Waals surface area (Å²) in [5.74, 6) is 2.47. The summed E-state index contributed by atoms with van der Waals surface area (Å²) in [6.07, 6.45) is 10.2. The summed E-state index contributed by atoms with van der Waals surface area (Å²) < 4.78 is 38.8. The maximum atomic E-state index is 13.3. The molecule has 2 aliphatic rings. The first-order valence-electron chi connectivity index (χ1n) is 23.9. The van der Waals surface area contributed by atoms with E-state index < -0.39 is 0 Å². The van der Waals surface area contributed by atoms with Gasteiger partial charge >= 0.3 is 6.03 Å². The van der Waals surface area contributed by atoms with Crippen molar-refractivity contribution in [2.24, 2.45) is 11.8 Å². The fourth-order valence-electron chi connectivity index (χ4n) is 7.62. The molecule has 0 saturated carbocycles. The van der Waals surface area contributed by atoms with E-state index in [0.717, 1.165) is 66.2 Å². The van der Waals surface area contributed by atoms with Gasteiger partial charge in [-0.05, 0) is 155 Å². The van der Waals surface area contributed by atoms with Crippen LogP contribution in [0.3, 0.4) is 0 Å². The summed E-state index contributed by atoms with van der Waals surface area (Å²) in [5, 5.41) is 6.34. The third-order valence-corrected chi connectivity index (χ3v) is 11.8. The van der Waals surface area contributed by atoms with Gasteiger partial charge in [-0.2, -0.15) is 0 Å². The van der Waals surface area contributed by atoms with Gasteiger partial charge in [0, 0.05) is 69.1 Å². The third kappa shape index (κ3) is 22.8. The summed E-state index contributed by atoms with van der Waals surface area (Å²) in [5.41, 5.74) is 4.28. The van der Waals surface area contributed by atoms with Crippen LogP contribution in [0.1, 0.15) is 96.9 Å². The van der Waals surface area contributed by atoms with Gasteiger partial charge in [0.05, 0.1) is 13.2 Å². The number of halogens is 2. The fraction of sp³-hybridized carbons (Fsp3) is 0.482. The van der Waals surface area contributed by atoms with Crippen LogP contribution in [0, 0.1) is 23.5 Å². The van der Waals surface area contributed by atoms with Crippen LogP contribution >= 0.6 is 0 Å². The van der Waals surface area contributed by atoms with Gasteiger partial charge in [0.2, 0.25) is 5.91 Å². The molecule has 2 amide bonds. The Hall–Kier alpha value is -5.05. The quantitative estimate of drug-likeness (QED) is 0.0949. The fourth-order valence-corrected chi connectivity index (χ4v) is 7.62. The van der Waals surface area contributed by atoms with Crippen LogP contribution in [0.4, 0.5) is 13.6 Å². The van der Waals surface area contributed by atoms with Gasteiger partial charge in [0.25, 0.3) is 0 Å². The second-order valence-electron chi connectivity index (χ2n) is 18.6. The van der Waals surface area contributed by atoms with Crippen molar-refractivity contribution in [2.75, 3.05) is 53.5 Å². The summed E-state index contributed by atoms with van der Waals surface area (Å²) in [6, 6.07) is 29.7. The first-order chi connectivity index (χ1) is 32.3. The van der Waals surface area contributed by atoms with E-state index >= 15 is 0 Å². The summed E-state index contributed by atoms with van der Waals surface area (Å²) in [7, 11) is 4.28. The minimum atomic E-state index is -0.248. The maximum absolute atomic E-state index is 13.3. The van der Waals surface area contributed by atoms with Crippen molar-refractivity contribution in [3.8, 4) is 11.5 Å². The normalized spacial score (nSPS) is 14.1. The Kier molecular flexibility index (Phi) is 28.6. The molecule has 1 aromatic heterocycles. The van der Waals surface area contributed by atoms with Crippen molar-refractivity contribution in [1.82, 2.24) is 34.9 Å². The van der Waals surface area contributed by atoms with E-state index in [9.17, 15) is 18.4 Å². The van der Waals surface area contributed by atoms with Crippen molar-refractivity contribution >= 4 is 11.9 Å². The number of hydrogen-bond acceptors (Lipinski definition) is 8. The number of nitrogens with zero attached hydrogens (tertiary/aromatic N) is 5. The second-order valence-corrected chi connectivity index (χ2v) is 18.6. The van der Waals surface area contributed by atoms with Crippen molar-refractivity contribution in [3.05, 3.63) is 150 Å². The van der Waals surface area contributed by atoms with Crippen LogP contribution in [0.25, 0.3) is 0 Å². The van der Waals surface area contributed by atoms with Crippen LogP contribution in [0.5, 0.6) is 11.5 Å². The molecule has 4 aromatic carbocycles. The smallest absolute Gasteiger partial charge is 0.327 e. The molecule has 0 unspecified atom stereocenters. The first kappa shape index (κ1) is 61.1. The predicted molar refractivity (Wildman–Crippen MR) is 276 cm³/mol. The number of imidazole rings is 1. The van der Waals surface area contributed by atoms with E-state index in [4.69, 9.17) is 9.47 Å². The van der Waals surface area contributed by atoms with Gasteiger partial charge in [0.15, 0.2) is 0 Å². The average molecular weight is 1010 g/mol. The molecule has 0 bridgehead atoms. The standard InChI is InChI=1S/C26H35FN2O2.C15H19N3O2.C13H19FN2.2CH4.V/c1-20(2)19-31-25-11-6-21(7-12-25)8-13-26(30)29(24-14-16-28(3)17-15-24)18-22-4-9-23(27)10-5-22;1-12(2)10-20-14-5-3-13(4-6-14)9-17-15(19)18-8-7-16-11-18;1-16-8-6-13(7-9-16)15-10-11-2-4-12(14)5-3-11;;;/h4-7,9-12,20,24H,8,13-19H2,1-3H3;3-8,11-12H,9-10H2,1-2H3,(H,17,19);2-5,13,15H,6-10H2,1H3;2*1H4;. The van der Waals surface area contributed by atoms with Crippen LogP contribution in [-0.2, 0) is 49.4 Å². The summed E-state index contributed by atoms with van der Waals surface area (Å²) in [6.45, 7) is 16.1. The number of carbonyl (C=O) groups is 2. The molecule has 70 heavy (non-hydrogen) atoms. The zero-order chi connectivity index (χ0) is 48.0. The molecule has 5 aromatic rings. The summed E-state index contributed by atoms with van der Waals surface area (Å²) in [4.78, 5) is 35.4. The Balaban J connectivity index is 0.000000374. The zero-order valence-corrected chi connectivity index (χ0v) is 42.4. The molecule has 2 saturated heterocycles. The average Bonchev–Trinajstić information content (AvgIpc) is 3.89. The Morgan fingerprint density at radius 3 is 1.61 bits per heavy atom. The summed E-state index contributed by atoms with van der Waals surface area (Å²) >= 11 is 0. The van der Waals surface area contributed by atoms with Crippen LogP contribution in [0.2, 0.25) is 0 Å². The number of aromatic nitrogens is 2. The molecule has 1 radical (unpaired) electrons. The Bertz CT molecular complexity index is 2140. The first-order valence-corrected chi connectivity index (χ1v) is 23.9. The van der Waals surface area contributed by atoms with E-state index in [1.807, 2.05) is 65.6 Å². The number of piperidine rings is 2. The number of amides is 2. The van der Waals surface area contributed by atoms with E-state index in [0.29, 0.717) is 57.0 Å². The van der Waals surface area contributed by atoms with Gasteiger partial charge in [-0.1, -0.05) is 91.1 Å². The molecule has 11 nitrogen and oxygen atoms in total. The van der Waals surface area contributed by atoms with E-state index in [-0.39, 0.29) is 63.0 Å². The van der Waals surface area contributed by atoms with Crippen LogP contribution in [0.15, 0.2) is 116 Å². The number of aryl methyl sites for hydroxylation is 1. The van der Waals surface area contributed by atoms with Crippen molar-refractivity contribution in [2.45, 2.75) is 113 Å². The number of carbonyl (C=O) groups excluding carboxylic acids is 2. The number of likely N-dealkylation sites (tertiary alicyclic amines) is 2. The minimum Gasteiger partial charge on any atom is -0.493 e. The number of ether oxygens (including phenoxy) is 2. The molecule has 2 fully saturated rings. The SMILES string of the molecule is C.C.CC(C)COc1ccc(CCC(=O)N(Cc2ccc(F)cc2)C2CCN(C)CC2)cc1.CC(C)COc1ccc(CNC(=O)n2ccnc2)cc1.CN1CCC(NCc2ccc(F)cc2)CC1.[V]. The molecule has 14 heteroatoms. The molecule has 383 valence electrons. The molecule has 3 heterocycles. The number of rotatable bonds is 17. The maximum Gasteiger partial charge on any atom is 0.327 e. The van der Waals surface area contributed by atoms with E-state index in [1.165, 1.54) is 61.1 Å². The molecular formula is C56H81F2N7O4V. The Morgan fingerprint density at radius 1 is 0.671 bits per heavy atom. The molecular weight excluding hydrogens is 924 g/mol. The van der Waals surface area contributed by atoms with Gasteiger partial charge in [0.1, 0.15) is 29.5 Å². The van der Waals surface area contributed by atoms with Crippen molar-refractivity contribution in [1.29, 1.82) is 0 Å². The monoisotopic (exact) mass is 1000 g/mol. The molecule has 7 rings (SSSR count). The van der Waals surface area contributed by atoms with Gasteiger partial charge in [-0.15, -0.1) is 0 Å². The number of benzene rings is 4. The van der Waals surface area contributed by atoms with Crippen molar-refractivity contribution < 1.29 is 46.4 Å². The zero-order valence-electron chi connectivity index (χ0n) is 41.0. The molecule has 2 N–H and O–H groups in total. The largest absolute Gasteiger partial charge is 0.493 e. The molecule has 2 aliphatic heterocycles. The Morgan fingerprint density at radius 2 is 1.13 bits per heavy atom. The van der Waals surface area contributed by atoms with Gasteiger partial charge < -0.3 is 34.8 Å². The molecule has 0 spiro atoms. The molecule has 0 atom stereocenters.